The molecule has 33 heavy (non-hydrogen) atoms. The third kappa shape index (κ3) is 4.55. The van der Waals surface area contributed by atoms with Gasteiger partial charge in [0.15, 0.2) is 0 Å². The number of benzene rings is 3. The number of aromatic nitrogens is 2. The lowest BCUT2D eigenvalue weighted by molar-refractivity contribution is 0.305. The number of rotatable bonds is 6. The molecule has 0 fully saturated rings. The van der Waals surface area contributed by atoms with Crippen LogP contribution in [0.25, 0.3) is 33.3 Å². The van der Waals surface area contributed by atoms with Crippen LogP contribution in [-0.2, 0) is 17.6 Å². The van der Waals surface area contributed by atoms with Crippen LogP contribution in [0.5, 0.6) is 5.75 Å². The van der Waals surface area contributed by atoms with Gasteiger partial charge in [0.05, 0.1) is 4.90 Å². The average Bonchev–Trinajstić information content (AvgIpc) is 3.26. The number of aromatic amines is 1. The van der Waals surface area contributed by atoms with Crippen molar-refractivity contribution in [3.8, 4) is 28.0 Å². The summed E-state index contributed by atoms with van der Waals surface area (Å²) in [6.45, 7) is 0.349. The highest BCUT2D eigenvalue weighted by atomic mass is 32.2. The average molecular weight is 458 g/mol. The first kappa shape index (κ1) is 21.1. The first-order valence-electron chi connectivity index (χ1n) is 10.3. The number of fused-ring (bicyclic) bond motifs is 1. The minimum atomic E-state index is -1.57. The zero-order valence-corrected chi connectivity index (χ0v) is 18.3. The van der Waals surface area contributed by atoms with Crippen molar-refractivity contribution in [3.05, 3.63) is 103 Å². The Morgan fingerprint density at radius 1 is 0.939 bits per heavy atom. The minimum Gasteiger partial charge on any atom is -0.489 e. The van der Waals surface area contributed by atoms with E-state index in [0.29, 0.717) is 28.5 Å². The molecule has 3 N–H and O–H groups in total. The normalized spacial score (nSPS) is 12.1. The van der Waals surface area contributed by atoms with E-state index < -0.39 is 11.0 Å². The van der Waals surface area contributed by atoms with E-state index in [1.807, 2.05) is 54.7 Å². The third-order valence-electron chi connectivity index (χ3n) is 5.36. The highest BCUT2D eigenvalue weighted by Gasteiger charge is 2.12. The summed E-state index contributed by atoms with van der Waals surface area (Å²) in [7, 11) is -1.57. The Balaban J connectivity index is 1.51. The van der Waals surface area contributed by atoms with E-state index in [9.17, 15) is 8.60 Å². The lowest BCUT2D eigenvalue weighted by Crippen LogP contribution is -2.02. The van der Waals surface area contributed by atoms with Crippen molar-refractivity contribution in [1.82, 2.24) is 9.97 Å². The smallest absolute Gasteiger partial charge is 0.137 e. The van der Waals surface area contributed by atoms with Crippen molar-refractivity contribution in [1.29, 1.82) is 0 Å². The van der Waals surface area contributed by atoms with Gasteiger partial charge in [0, 0.05) is 35.0 Å². The molecule has 0 radical (unpaired) electrons. The summed E-state index contributed by atoms with van der Waals surface area (Å²) in [5.41, 5.74) is 4.86. The quantitative estimate of drug-likeness (QED) is 0.348. The predicted octanol–water partition coefficient (Wildman–Crippen LogP) is 5.60. The number of hydrogen-bond donors (Lipinski definition) is 2. The fourth-order valence-electron chi connectivity index (χ4n) is 3.74. The van der Waals surface area contributed by atoms with E-state index in [4.69, 9.17) is 9.88 Å². The molecule has 3 aromatic carbocycles. The molecule has 0 saturated carbocycles. The van der Waals surface area contributed by atoms with Crippen molar-refractivity contribution in [2.45, 2.75) is 11.5 Å². The summed E-state index contributed by atoms with van der Waals surface area (Å²) in [5.74, 6) is 0.0672. The molecule has 0 aliphatic heterocycles. The van der Waals surface area contributed by atoms with Gasteiger partial charge in [0.25, 0.3) is 0 Å². The molecule has 2 aromatic heterocycles. The van der Waals surface area contributed by atoms with Crippen molar-refractivity contribution >= 4 is 22.0 Å². The Bertz CT molecular complexity index is 1470. The molecule has 5 nitrogen and oxygen atoms in total. The second-order valence-electron chi connectivity index (χ2n) is 7.60. The Morgan fingerprint density at radius 2 is 1.79 bits per heavy atom. The molecular weight excluding hydrogens is 437 g/mol. The lowest BCUT2D eigenvalue weighted by Gasteiger charge is -2.09. The van der Waals surface area contributed by atoms with Crippen molar-refractivity contribution in [2.24, 2.45) is 5.14 Å². The van der Waals surface area contributed by atoms with Crippen LogP contribution < -0.4 is 9.88 Å². The van der Waals surface area contributed by atoms with Crippen molar-refractivity contribution in [2.75, 3.05) is 0 Å². The minimum absolute atomic E-state index is 0.349. The molecule has 2 heterocycles. The number of H-pyrrole nitrogens is 1. The number of pyridine rings is 1. The van der Waals surface area contributed by atoms with Crippen molar-refractivity contribution in [3.63, 3.8) is 0 Å². The third-order valence-corrected chi connectivity index (χ3v) is 6.08. The highest BCUT2D eigenvalue weighted by Crippen LogP contribution is 2.33. The maximum atomic E-state index is 14.5. The van der Waals surface area contributed by atoms with Gasteiger partial charge in [0.2, 0.25) is 0 Å². The number of hydrogen-bond acceptors (Lipinski definition) is 3. The van der Waals surface area contributed by atoms with Crippen LogP contribution in [0.15, 0.2) is 96.2 Å². The topological polar surface area (TPSA) is 81.0 Å². The summed E-state index contributed by atoms with van der Waals surface area (Å²) in [5, 5.41) is 6.37. The van der Waals surface area contributed by atoms with E-state index in [-0.39, 0.29) is 5.82 Å². The molecular formula is C26H20FN3O2S. The standard InChI is InChI=1S/C26H20FN3O2S/c27-21-9-19(10-22(13-21)32-16-17-5-2-1-3-6-17)25-15-30-26-24(25)12-20(14-29-26)18-7-4-8-23(11-18)33(28)31/h1-15H,16,28H2,(H,29,30). The van der Waals surface area contributed by atoms with Crippen LogP contribution in [-0.4, -0.2) is 14.2 Å². The van der Waals surface area contributed by atoms with E-state index >= 15 is 0 Å². The second kappa shape index (κ2) is 8.97. The number of nitrogens with one attached hydrogen (secondary N) is 1. The first-order chi connectivity index (χ1) is 16.1. The Morgan fingerprint density at radius 3 is 2.61 bits per heavy atom. The fourth-order valence-corrected chi connectivity index (χ4v) is 4.20. The maximum absolute atomic E-state index is 14.5. The molecule has 7 heteroatoms. The van der Waals surface area contributed by atoms with Crippen LogP contribution in [0, 0.1) is 5.82 Å². The van der Waals surface area contributed by atoms with Gasteiger partial charge in [-0.2, -0.15) is 0 Å². The second-order valence-corrected chi connectivity index (χ2v) is 8.66. The highest BCUT2D eigenvalue weighted by molar-refractivity contribution is 7.82. The van der Waals surface area contributed by atoms with E-state index in [1.165, 1.54) is 12.1 Å². The number of nitrogens with two attached hydrogens (primary N) is 1. The van der Waals surface area contributed by atoms with Gasteiger partial charge in [-0.25, -0.2) is 18.7 Å². The van der Waals surface area contributed by atoms with Gasteiger partial charge >= 0.3 is 0 Å². The number of halogens is 1. The van der Waals surface area contributed by atoms with Gasteiger partial charge < -0.3 is 9.72 Å². The number of nitrogens with zero attached hydrogens (tertiary/aromatic N) is 1. The Kier molecular flexibility index (Phi) is 5.73. The maximum Gasteiger partial charge on any atom is 0.137 e. The van der Waals surface area contributed by atoms with E-state index in [2.05, 4.69) is 9.97 Å². The number of ether oxygens (including phenoxy) is 1. The van der Waals surface area contributed by atoms with E-state index in [1.54, 1.807) is 24.4 Å². The van der Waals surface area contributed by atoms with Crippen LogP contribution in [0.3, 0.4) is 0 Å². The molecule has 164 valence electrons. The Labute approximate surface area is 192 Å². The summed E-state index contributed by atoms with van der Waals surface area (Å²) >= 11 is 0. The Hall–Kier alpha value is -3.81. The van der Waals surface area contributed by atoms with Crippen LogP contribution in [0.4, 0.5) is 4.39 Å². The molecule has 0 bridgehead atoms. The van der Waals surface area contributed by atoms with E-state index in [0.717, 1.165) is 27.6 Å². The molecule has 0 spiro atoms. The fraction of sp³-hybridized carbons (Fsp3) is 0.0385. The summed E-state index contributed by atoms with van der Waals surface area (Å²) in [6, 6.07) is 23.6. The van der Waals surface area contributed by atoms with Gasteiger partial charge in [-0.3, -0.25) is 0 Å². The molecule has 5 aromatic rings. The van der Waals surface area contributed by atoms with Crippen molar-refractivity contribution < 1.29 is 13.3 Å². The van der Waals surface area contributed by atoms with Crippen LogP contribution in [0.1, 0.15) is 5.56 Å². The molecule has 1 unspecified atom stereocenters. The van der Waals surface area contributed by atoms with Crippen LogP contribution >= 0.6 is 0 Å². The molecule has 0 saturated heterocycles. The molecule has 0 aliphatic carbocycles. The zero-order valence-electron chi connectivity index (χ0n) is 17.5. The van der Waals surface area contributed by atoms with Gasteiger partial charge in [-0.1, -0.05) is 42.5 Å². The van der Waals surface area contributed by atoms with Gasteiger partial charge in [-0.15, -0.1) is 0 Å². The van der Waals surface area contributed by atoms with Gasteiger partial charge in [0.1, 0.15) is 34.8 Å². The molecule has 0 amide bonds. The zero-order chi connectivity index (χ0) is 22.8. The SMILES string of the molecule is NS(=O)c1cccc(-c2cnc3[nH]cc(-c4cc(F)cc(OCc5ccccc5)c4)c3c2)c1. The lowest BCUT2D eigenvalue weighted by atomic mass is 10.0. The summed E-state index contributed by atoms with van der Waals surface area (Å²) in [6.07, 6.45) is 3.55. The summed E-state index contributed by atoms with van der Waals surface area (Å²) < 4.78 is 32.0. The predicted molar refractivity (Wildman–Crippen MR) is 128 cm³/mol. The first-order valence-corrected chi connectivity index (χ1v) is 11.5. The monoisotopic (exact) mass is 457 g/mol. The summed E-state index contributed by atoms with van der Waals surface area (Å²) in [4.78, 5) is 8.19. The largest absolute Gasteiger partial charge is 0.489 e. The van der Waals surface area contributed by atoms with Crippen LogP contribution in [0.2, 0.25) is 0 Å². The van der Waals surface area contributed by atoms with Gasteiger partial charge in [-0.05, 0) is 47.0 Å². The molecule has 1 atom stereocenters. The molecule has 0 aliphatic rings. The molecule has 5 rings (SSSR count).